The van der Waals surface area contributed by atoms with Gasteiger partial charge in [0.05, 0.1) is 0 Å². The molecule has 6 nitrogen and oxygen atoms in total. The molecule has 0 fully saturated rings. The van der Waals surface area contributed by atoms with Crippen molar-refractivity contribution in [3.8, 4) is 0 Å². The van der Waals surface area contributed by atoms with Crippen LogP contribution in [0, 0.1) is 0 Å². The van der Waals surface area contributed by atoms with Crippen molar-refractivity contribution in [1.82, 2.24) is 25.3 Å². The van der Waals surface area contributed by atoms with E-state index in [1.165, 1.54) is 4.63 Å². The lowest BCUT2D eigenvalue weighted by Gasteiger charge is -2.21. The lowest BCUT2D eigenvalue weighted by molar-refractivity contribution is 0.705. The summed E-state index contributed by atoms with van der Waals surface area (Å²) < 4.78 is 1.45. The van der Waals surface area contributed by atoms with Crippen LogP contribution in [-0.2, 0) is 0 Å². The number of nitrogens with zero attached hydrogens (tertiary/aromatic N) is 6. The lowest BCUT2D eigenvalue weighted by Crippen LogP contribution is -2.27. The SMILES string of the molecule is CCCN(CCBr)c1ccc2nnnn2n1. The molecule has 16 heavy (non-hydrogen) atoms. The average Bonchev–Trinajstić information content (AvgIpc) is 2.75. The number of fused-ring (bicyclic) bond motifs is 1. The van der Waals surface area contributed by atoms with Crippen molar-refractivity contribution in [1.29, 1.82) is 0 Å². The maximum atomic E-state index is 4.36. The maximum absolute atomic E-state index is 4.36. The Balaban J connectivity index is 2.28. The molecule has 0 saturated carbocycles. The first kappa shape index (κ1) is 11.3. The zero-order valence-corrected chi connectivity index (χ0v) is 10.6. The van der Waals surface area contributed by atoms with Crippen LogP contribution in [0.5, 0.6) is 0 Å². The van der Waals surface area contributed by atoms with Crippen molar-refractivity contribution in [3.05, 3.63) is 12.1 Å². The predicted octanol–water partition coefficient (Wildman–Crippen LogP) is 1.13. The van der Waals surface area contributed by atoms with Crippen LogP contribution in [-0.4, -0.2) is 43.7 Å². The smallest absolute Gasteiger partial charge is 0.200 e. The Bertz CT molecular complexity index is 450. The molecule has 0 N–H and O–H groups in total. The van der Waals surface area contributed by atoms with Gasteiger partial charge >= 0.3 is 0 Å². The highest BCUT2D eigenvalue weighted by molar-refractivity contribution is 9.09. The zero-order chi connectivity index (χ0) is 11.4. The van der Waals surface area contributed by atoms with E-state index < -0.39 is 0 Å². The van der Waals surface area contributed by atoms with Gasteiger partial charge in [0.25, 0.3) is 0 Å². The van der Waals surface area contributed by atoms with Crippen molar-refractivity contribution >= 4 is 27.4 Å². The summed E-state index contributed by atoms with van der Waals surface area (Å²) in [5.41, 5.74) is 0.666. The summed E-state index contributed by atoms with van der Waals surface area (Å²) in [6, 6.07) is 3.82. The van der Waals surface area contributed by atoms with Crippen LogP contribution in [0.1, 0.15) is 13.3 Å². The molecule has 2 aromatic rings. The van der Waals surface area contributed by atoms with Gasteiger partial charge in [-0.05, 0) is 29.0 Å². The average molecular weight is 285 g/mol. The van der Waals surface area contributed by atoms with Crippen LogP contribution < -0.4 is 4.90 Å². The van der Waals surface area contributed by atoms with E-state index in [4.69, 9.17) is 0 Å². The highest BCUT2D eigenvalue weighted by atomic mass is 79.9. The third kappa shape index (κ3) is 2.29. The summed E-state index contributed by atoms with van der Waals surface area (Å²) in [6.07, 6.45) is 1.09. The Morgan fingerprint density at radius 2 is 2.25 bits per heavy atom. The molecular weight excluding hydrogens is 272 g/mol. The minimum atomic E-state index is 0.666. The number of alkyl halides is 1. The van der Waals surface area contributed by atoms with E-state index in [1.54, 1.807) is 0 Å². The summed E-state index contributed by atoms with van der Waals surface area (Å²) in [4.78, 5) is 2.20. The Morgan fingerprint density at radius 3 is 3.00 bits per heavy atom. The van der Waals surface area contributed by atoms with Gasteiger partial charge in [-0.15, -0.1) is 14.8 Å². The fourth-order valence-electron chi connectivity index (χ4n) is 1.52. The third-order valence-electron chi connectivity index (χ3n) is 2.23. The summed E-state index contributed by atoms with van der Waals surface area (Å²) in [7, 11) is 0. The van der Waals surface area contributed by atoms with Gasteiger partial charge in [0.1, 0.15) is 0 Å². The molecule has 2 heterocycles. The van der Waals surface area contributed by atoms with Crippen LogP contribution >= 0.6 is 15.9 Å². The standard InChI is InChI=1S/C9H13BrN6/c1-2-6-15(7-5-10)9-4-3-8-11-13-14-16(8)12-9/h3-4H,2,5-7H2,1H3. The first-order valence-electron chi connectivity index (χ1n) is 5.21. The molecule has 0 bridgehead atoms. The second-order valence-corrected chi connectivity index (χ2v) is 4.19. The van der Waals surface area contributed by atoms with Crippen LogP contribution in [0.3, 0.4) is 0 Å². The molecule has 0 spiro atoms. The Hall–Kier alpha value is -1.24. The summed E-state index contributed by atoms with van der Waals surface area (Å²) in [6.45, 7) is 4.05. The minimum absolute atomic E-state index is 0.666. The van der Waals surface area contributed by atoms with Crippen molar-refractivity contribution in [2.75, 3.05) is 23.3 Å². The third-order valence-corrected chi connectivity index (χ3v) is 2.58. The van der Waals surface area contributed by atoms with Crippen molar-refractivity contribution in [2.45, 2.75) is 13.3 Å². The number of tetrazole rings is 1. The second kappa shape index (κ2) is 5.20. The van der Waals surface area contributed by atoms with Crippen LogP contribution in [0.25, 0.3) is 5.65 Å². The monoisotopic (exact) mass is 284 g/mol. The number of hydrogen-bond donors (Lipinski definition) is 0. The Labute approximate surface area is 102 Å². The molecule has 0 amide bonds. The molecule has 0 radical (unpaired) electrons. The molecule has 0 atom stereocenters. The van der Waals surface area contributed by atoms with Gasteiger partial charge in [-0.25, -0.2) is 0 Å². The number of hydrogen-bond acceptors (Lipinski definition) is 5. The Kier molecular flexibility index (Phi) is 3.66. The van der Waals surface area contributed by atoms with Gasteiger partial charge in [-0.1, -0.05) is 22.9 Å². The largest absolute Gasteiger partial charge is 0.354 e. The van der Waals surface area contributed by atoms with E-state index in [0.717, 1.165) is 30.7 Å². The molecule has 2 aromatic heterocycles. The normalized spacial score (nSPS) is 10.9. The molecule has 86 valence electrons. The zero-order valence-electron chi connectivity index (χ0n) is 9.04. The second-order valence-electron chi connectivity index (χ2n) is 3.39. The molecule has 7 heteroatoms. The van der Waals surface area contributed by atoms with Crippen LogP contribution in [0.2, 0.25) is 0 Å². The first-order chi connectivity index (χ1) is 7.85. The fraction of sp³-hybridized carbons (Fsp3) is 0.556. The molecule has 2 rings (SSSR count). The van der Waals surface area contributed by atoms with E-state index in [0.29, 0.717) is 5.65 Å². The first-order valence-corrected chi connectivity index (χ1v) is 6.33. The highest BCUT2D eigenvalue weighted by Gasteiger charge is 2.08. The molecule has 0 aliphatic heterocycles. The highest BCUT2D eigenvalue weighted by Crippen LogP contribution is 2.11. The lowest BCUT2D eigenvalue weighted by atomic mass is 10.4. The van der Waals surface area contributed by atoms with Crippen LogP contribution in [0.4, 0.5) is 5.82 Å². The molecule has 0 aliphatic carbocycles. The topological polar surface area (TPSA) is 59.2 Å². The molecule has 0 saturated heterocycles. The number of halogens is 1. The maximum Gasteiger partial charge on any atom is 0.200 e. The summed E-state index contributed by atoms with van der Waals surface area (Å²) in [5, 5.41) is 16.5. The number of anilines is 1. The van der Waals surface area contributed by atoms with Crippen LogP contribution in [0.15, 0.2) is 12.1 Å². The minimum Gasteiger partial charge on any atom is -0.354 e. The van der Waals surface area contributed by atoms with E-state index in [-0.39, 0.29) is 0 Å². The van der Waals surface area contributed by atoms with E-state index in [2.05, 4.69) is 48.4 Å². The van der Waals surface area contributed by atoms with Crippen molar-refractivity contribution in [3.63, 3.8) is 0 Å². The van der Waals surface area contributed by atoms with Crippen molar-refractivity contribution in [2.24, 2.45) is 0 Å². The van der Waals surface area contributed by atoms with Gasteiger partial charge in [0.2, 0.25) is 0 Å². The van der Waals surface area contributed by atoms with Gasteiger partial charge < -0.3 is 4.90 Å². The summed E-state index contributed by atoms with van der Waals surface area (Å²) >= 11 is 3.44. The van der Waals surface area contributed by atoms with Crippen molar-refractivity contribution < 1.29 is 0 Å². The Morgan fingerprint density at radius 1 is 1.38 bits per heavy atom. The van der Waals surface area contributed by atoms with Gasteiger partial charge in [-0.3, -0.25) is 0 Å². The van der Waals surface area contributed by atoms with Gasteiger partial charge in [0.15, 0.2) is 11.5 Å². The molecule has 0 unspecified atom stereocenters. The molecule has 0 aliphatic rings. The quantitative estimate of drug-likeness (QED) is 0.771. The predicted molar refractivity (Wildman–Crippen MR) is 64.9 cm³/mol. The molecule has 0 aromatic carbocycles. The fourth-order valence-corrected chi connectivity index (χ4v) is 1.95. The van der Waals surface area contributed by atoms with E-state index in [9.17, 15) is 0 Å². The summed E-state index contributed by atoms with van der Waals surface area (Å²) in [5.74, 6) is 0.904. The van der Waals surface area contributed by atoms with Gasteiger partial charge in [-0.2, -0.15) is 0 Å². The molecular formula is C9H13BrN6. The van der Waals surface area contributed by atoms with E-state index >= 15 is 0 Å². The van der Waals surface area contributed by atoms with Gasteiger partial charge in [0, 0.05) is 18.4 Å². The van der Waals surface area contributed by atoms with E-state index in [1.807, 2.05) is 12.1 Å². The number of aromatic nitrogens is 5. The number of rotatable bonds is 5.